The van der Waals surface area contributed by atoms with E-state index in [4.69, 9.17) is 15.3 Å². The molecule has 0 amide bonds. The van der Waals surface area contributed by atoms with Crippen molar-refractivity contribution >= 4 is 17.7 Å². The number of aliphatic hydroxyl groups excluding tert-OH is 4. The molecule has 0 radical (unpaired) electrons. The van der Waals surface area contributed by atoms with Crippen molar-refractivity contribution in [3.63, 3.8) is 0 Å². The first-order valence-electron chi connectivity index (χ1n) is 4.73. The summed E-state index contributed by atoms with van der Waals surface area (Å²) in [7, 11) is 0. The summed E-state index contributed by atoms with van der Waals surface area (Å²) < 4.78 is 0. The highest BCUT2D eigenvalue weighted by molar-refractivity contribution is 8.00. The fourth-order valence-electron chi connectivity index (χ4n) is 1.35. The summed E-state index contributed by atoms with van der Waals surface area (Å²) in [5.41, 5.74) is 0. The number of nitrogens with one attached hydrogen (secondary N) is 1. The van der Waals surface area contributed by atoms with Crippen molar-refractivity contribution in [3.05, 3.63) is 0 Å². The molecule has 0 saturated carbocycles. The topological polar surface area (TPSA) is 130 Å². The number of hydrogen-bond donors (Lipinski definition) is 6. The molecule has 16 heavy (non-hydrogen) atoms. The highest BCUT2D eigenvalue weighted by atomic mass is 32.2. The summed E-state index contributed by atoms with van der Waals surface area (Å²) in [5, 5.41) is 47.4. The average Bonchev–Trinajstić information content (AvgIpc) is 2.75. The maximum absolute atomic E-state index is 10.6. The second-order valence-corrected chi connectivity index (χ2v) is 4.72. The molecule has 1 rings (SSSR count). The van der Waals surface area contributed by atoms with Gasteiger partial charge in [0.15, 0.2) is 0 Å². The fraction of sp³-hybridized carbons (Fsp3) is 0.875. The lowest BCUT2D eigenvalue weighted by atomic mass is 10.1. The van der Waals surface area contributed by atoms with Gasteiger partial charge in [-0.1, -0.05) is 0 Å². The molecule has 0 aliphatic carbocycles. The van der Waals surface area contributed by atoms with Gasteiger partial charge in [-0.3, -0.25) is 10.1 Å². The van der Waals surface area contributed by atoms with E-state index in [1.165, 1.54) is 0 Å². The summed E-state index contributed by atoms with van der Waals surface area (Å²) in [5.74, 6) is -0.752. The molecular weight excluding hydrogens is 238 g/mol. The molecule has 6 N–H and O–H groups in total. The second-order valence-electron chi connectivity index (χ2n) is 3.54. The molecule has 0 unspecified atom stereocenters. The highest BCUT2D eigenvalue weighted by Crippen LogP contribution is 2.24. The molecule has 0 spiro atoms. The maximum Gasteiger partial charge on any atom is 0.321 e. The Morgan fingerprint density at radius 1 is 1.44 bits per heavy atom. The quantitative estimate of drug-likeness (QED) is 0.309. The average molecular weight is 253 g/mol. The van der Waals surface area contributed by atoms with Gasteiger partial charge in [0.2, 0.25) is 0 Å². The number of rotatable bonds is 5. The van der Waals surface area contributed by atoms with Gasteiger partial charge in [-0.2, -0.15) is 0 Å². The van der Waals surface area contributed by atoms with E-state index in [1.54, 1.807) is 0 Å². The van der Waals surface area contributed by atoms with Gasteiger partial charge in [0.1, 0.15) is 24.4 Å². The molecule has 0 aromatic heterocycles. The third-order valence-electron chi connectivity index (χ3n) is 2.35. The molecular formula is C8H15NO6S. The minimum atomic E-state index is -1.51. The van der Waals surface area contributed by atoms with Crippen LogP contribution >= 0.6 is 11.8 Å². The van der Waals surface area contributed by atoms with Crippen LogP contribution < -0.4 is 5.32 Å². The third kappa shape index (κ3) is 3.06. The molecule has 5 atom stereocenters. The van der Waals surface area contributed by atoms with Crippen LogP contribution in [0.4, 0.5) is 0 Å². The van der Waals surface area contributed by atoms with Gasteiger partial charge in [0.05, 0.1) is 12.0 Å². The van der Waals surface area contributed by atoms with Crippen LogP contribution in [-0.2, 0) is 4.79 Å². The lowest BCUT2D eigenvalue weighted by Gasteiger charge is -2.25. The largest absolute Gasteiger partial charge is 0.480 e. The SMILES string of the molecule is O=C(O)[C@@H]1CS[C@H]([C@H](O)[C@@H](O)[C@@H](O)CO)N1. The lowest BCUT2D eigenvalue weighted by molar-refractivity contribution is -0.139. The molecule has 7 nitrogen and oxygen atoms in total. The normalized spacial score (nSPS) is 31.0. The van der Waals surface area contributed by atoms with Gasteiger partial charge in [0.25, 0.3) is 0 Å². The van der Waals surface area contributed by atoms with E-state index < -0.39 is 42.3 Å². The first-order valence-corrected chi connectivity index (χ1v) is 5.77. The number of carboxylic acid groups (broad SMARTS) is 1. The Kier molecular flexibility index (Phi) is 4.96. The van der Waals surface area contributed by atoms with Crippen LogP contribution in [0.15, 0.2) is 0 Å². The second kappa shape index (κ2) is 5.80. The van der Waals surface area contributed by atoms with Crippen molar-refractivity contribution in [3.8, 4) is 0 Å². The standard InChI is InChI=1S/C8H15NO6S/c10-1-4(11)5(12)6(13)7-9-3(2-16-7)8(14)15/h3-7,9-13H,1-2H2,(H,14,15)/t3-,4-,5-,6+,7+/m0/s1. The molecule has 94 valence electrons. The van der Waals surface area contributed by atoms with Crippen LogP contribution in [0.3, 0.4) is 0 Å². The smallest absolute Gasteiger partial charge is 0.321 e. The Labute approximate surface area is 96.1 Å². The predicted octanol–water partition coefficient (Wildman–Crippen LogP) is -2.82. The van der Waals surface area contributed by atoms with Crippen LogP contribution in [0, 0.1) is 0 Å². The first-order chi connectivity index (χ1) is 7.47. The van der Waals surface area contributed by atoms with Crippen molar-refractivity contribution in [1.29, 1.82) is 0 Å². The summed E-state index contributed by atoms with van der Waals surface area (Å²) >= 11 is 1.15. The summed E-state index contributed by atoms with van der Waals surface area (Å²) in [6, 6.07) is -0.775. The minimum Gasteiger partial charge on any atom is -0.480 e. The zero-order chi connectivity index (χ0) is 12.3. The number of aliphatic carboxylic acids is 1. The molecule has 0 bridgehead atoms. The van der Waals surface area contributed by atoms with Gasteiger partial charge in [-0.05, 0) is 0 Å². The molecule has 1 fully saturated rings. The number of hydrogen-bond acceptors (Lipinski definition) is 7. The number of carbonyl (C=O) groups is 1. The number of carboxylic acids is 1. The zero-order valence-electron chi connectivity index (χ0n) is 8.35. The lowest BCUT2D eigenvalue weighted by Crippen LogP contribution is -2.50. The van der Waals surface area contributed by atoms with Crippen LogP contribution in [0.5, 0.6) is 0 Å². The monoisotopic (exact) mass is 253 g/mol. The van der Waals surface area contributed by atoms with Crippen LogP contribution in [-0.4, -0.2) is 73.6 Å². The van der Waals surface area contributed by atoms with Crippen molar-refractivity contribution in [2.24, 2.45) is 0 Å². The van der Waals surface area contributed by atoms with Gasteiger partial charge in [-0.25, -0.2) is 0 Å². The molecule has 0 aromatic carbocycles. The molecule has 1 heterocycles. The summed E-state index contributed by atoms with van der Waals surface area (Å²) in [6.07, 6.45) is -4.29. The van der Waals surface area contributed by atoms with Crippen molar-refractivity contribution in [2.45, 2.75) is 29.7 Å². The molecule has 1 saturated heterocycles. The Morgan fingerprint density at radius 2 is 2.06 bits per heavy atom. The Balaban J connectivity index is 2.50. The Hall–Kier alpha value is -0.380. The maximum atomic E-state index is 10.6. The van der Waals surface area contributed by atoms with Crippen molar-refractivity contribution in [1.82, 2.24) is 5.32 Å². The van der Waals surface area contributed by atoms with E-state index in [9.17, 15) is 15.0 Å². The minimum absolute atomic E-state index is 0.277. The highest BCUT2D eigenvalue weighted by Gasteiger charge is 2.38. The van der Waals surface area contributed by atoms with E-state index in [0.29, 0.717) is 0 Å². The molecule has 8 heteroatoms. The van der Waals surface area contributed by atoms with Crippen LogP contribution in [0.25, 0.3) is 0 Å². The zero-order valence-corrected chi connectivity index (χ0v) is 9.17. The van der Waals surface area contributed by atoms with Crippen LogP contribution in [0.2, 0.25) is 0 Å². The van der Waals surface area contributed by atoms with Crippen molar-refractivity contribution in [2.75, 3.05) is 12.4 Å². The molecule has 0 aromatic rings. The van der Waals surface area contributed by atoms with E-state index in [1.807, 2.05) is 0 Å². The summed E-state index contributed by atoms with van der Waals surface area (Å²) in [6.45, 7) is -0.669. The number of thioether (sulfide) groups is 1. The van der Waals surface area contributed by atoms with Gasteiger partial charge in [0, 0.05) is 5.75 Å². The fourth-order valence-corrected chi connectivity index (χ4v) is 2.61. The Bertz CT molecular complexity index is 253. The van der Waals surface area contributed by atoms with E-state index in [2.05, 4.69) is 5.32 Å². The molecule has 1 aliphatic rings. The Morgan fingerprint density at radius 3 is 2.50 bits per heavy atom. The van der Waals surface area contributed by atoms with Crippen LogP contribution in [0.1, 0.15) is 0 Å². The third-order valence-corrected chi connectivity index (χ3v) is 3.65. The van der Waals surface area contributed by atoms with Crippen molar-refractivity contribution < 1.29 is 30.3 Å². The molecule has 1 aliphatic heterocycles. The van der Waals surface area contributed by atoms with E-state index in [-0.39, 0.29) is 5.75 Å². The van der Waals surface area contributed by atoms with Gasteiger partial charge >= 0.3 is 5.97 Å². The van der Waals surface area contributed by atoms with Gasteiger partial charge in [-0.15, -0.1) is 11.8 Å². The van der Waals surface area contributed by atoms with E-state index in [0.717, 1.165) is 11.8 Å². The predicted molar refractivity (Wildman–Crippen MR) is 55.9 cm³/mol. The van der Waals surface area contributed by atoms with Gasteiger partial charge < -0.3 is 25.5 Å². The number of aliphatic hydroxyl groups is 4. The summed E-state index contributed by atoms with van der Waals surface area (Å²) in [4.78, 5) is 10.6. The van der Waals surface area contributed by atoms with E-state index >= 15 is 0 Å². The first kappa shape index (κ1) is 13.7.